The van der Waals surface area contributed by atoms with Crippen molar-refractivity contribution in [3.8, 4) is 11.9 Å². The summed E-state index contributed by atoms with van der Waals surface area (Å²) in [6, 6.07) is 1.75. The molecule has 0 radical (unpaired) electrons. The first-order valence-electron chi connectivity index (χ1n) is 7.42. The van der Waals surface area contributed by atoms with E-state index < -0.39 is 29.2 Å². The lowest BCUT2D eigenvalue weighted by Crippen LogP contribution is -2.39. The van der Waals surface area contributed by atoms with Crippen molar-refractivity contribution in [3.05, 3.63) is 43.8 Å². The number of nitrogens with two attached hydrogens (primary N) is 1. The summed E-state index contributed by atoms with van der Waals surface area (Å²) in [6.45, 7) is 2.82. The minimum absolute atomic E-state index is 0.0371. The maximum Gasteiger partial charge on any atom is 0.271 e. The summed E-state index contributed by atoms with van der Waals surface area (Å²) in [5.74, 6) is -2.96. The van der Waals surface area contributed by atoms with E-state index in [1.54, 1.807) is 6.07 Å². The Bertz CT molecular complexity index is 1040. The molecule has 3 amide bonds. The average Bonchev–Trinajstić information content (AvgIpc) is 2.58. The summed E-state index contributed by atoms with van der Waals surface area (Å²) in [6.07, 6.45) is 1.20. The Balaban J connectivity index is 2.90. The van der Waals surface area contributed by atoms with Gasteiger partial charge in [0.1, 0.15) is 17.2 Å². The number of amides is 3. The molecule has 3 N–H and O–H groups in total. The molecule has 1 aliphatic rings. The van der Waals surface area contributed by atoms with Crippen LogP contribution in [0, 0.1) is 18.3 Å². The zero-order valence-corrected chi connectivity index (χ0v) is 14.6. The monoisotopic (exact) mass is 356 g/mol. The lowest BCUT2D eigenvalue weighted by atomic mass is 9.92. The molecule has 2 heterocycles. The predicted octanol–water partition coefficient (Wildman–Crippen LogP) is -0.280. The molecule has 0 aliphatic carbocycles. The molecule has 9 nitrogen and oxygen atoms in total. The van der Waals surface area contributed by atoms with Crippen molar-refractivity contribution in [2.45, 2.75) is 13.8 Å². The van der Waals surface area contributed by atoms with E-state index in [0.29, 0.717) is 0 Å². The van der Waals surface area contributed by atoms with Gasteiger partial charge in [0, 0.05) is 25.2 Å². The SMILES string of the molecule is CC1=C(C#N)C(=O)N(C)C(=O)C1=Cc1c(C)c(C(N)=O)c(O)n(C)c1=O. The number of carbonyl (C=O) groups excluding carboxylic acids is 3. The molecule has 1 aromatic rings. The second kappa shape index (κ2) is 6.33. The summed E-state index contributed by atoms with van der Waals surface area (Å²) in [7, 11) is 2.46. The second-order valence-electron chi connectivity index (χ2n) is 5.80. The first kappa shape index (κ1) is 18.7. The highest BCUT2D eigenvalue weighted by atomic mass is 16.3. The topological polar surface area (TPSA) is 146 Å². The normalized spacial score (nSPS) is 16.3. The summed E-state index contributed by atoms with van der Waals surface area (Å²) >= 11 is 0. The van der Waals surface area contributed by atoms with Crippen LogP contribution in [0.15, 0.2) is 21.5 Å². The molecule has 0 aromatic carbocycles. The molecule has 26 heavy (non-hydrogen) atoms. The van der Waals surface area contributed by atoms with Crippen molar-refractivity contribution in [2.75, 3.05) is 7.05 Å². The highest BCUT2D eigenvalue weighted by Crippen LogP contribution is 2.28. The van der Waals surface area contributed by atoms with Crippen LogP contribution in [0.4, 0.5) is 0 Å². The molecule has 0 saturated carbocycles. The molecule has 0 unspecified atom stereocenters. The highest BCUT2D eigenvalue weighted by Gasteiger charge is 2.33. The largest absolute Gasteiger partial charge is 0.494 e. The van der Waals surface area contributed by atoms with Crippen LogP contribution in [-0.4, -0.2) is 39.3 Å². The number of aromatic hydroxyl groups is 1. The van der Waals surface area contributed by atoms with E-state index in [1.165, 1.54) is 34.0 Å². The number of aromatic nitrogens is 1. The number of hydrogen-bond acceptors (Lipinski definition) is 6. The number of carbonyl (C=O) groups is 3. The summed E-state index contributed by atoms with van der Waals surface area (Å²) in [5, 5.41) is 19.2. The van der Waals surface area contributed by atoms with Gasteiger partial charge in [-0.25, -0.2) is 0 Å². The number of hydrogen-bond donors (Lipinski definition) is 2. The fourth-order valence-corrected chi connectivity index (χ4v) is 2.71. The van der Waals surface area contributed by atoms with Crippen LogP contribution in [0.1, 0.15) is 28.4 Å². The van der Waals surface area contributed by atoms with Gasteiger partial charge in [0.15, 0.2) is 0 Å². The van der Waals surface area contributed by atoms with E-state index in [-0.39, 0.29) is 33.4 Å². The molecule has 0 saturated heterocycles. The smallest absolute Gasteiger partial charge is 0.271 e. The van der Waals surface area contributed by atoms with Crippen LogP contribution < -0.4 is 11.3 Å². The van der Waals surface area contributed by atoms with Crippen molar-refractivity contribution < 1.29 is 19.5 Å². The van der Waals surface area contributed by atoms with Crippen molar-refractivity contribution in [1.82, 2.24) is 9.47 Å². The molecule has 1 aromatic heterocycles. The fourth-order valence-electron chi connectivity index (χ4n) is 2.71. The molecular weight excluding hydrogens is 340 g/mol. The number of likely N-dealkylation sites (N-methyl/N-ethyl adjacent to an activating group) is 1. The van der Waals surface area contributed by atoms with Crippen molar-refractivity contribution in [1.29, 1.82) is 5.26 Å². The molecular formula is C17H16N4O5. The molecule has 9 heteroatoms. The third kappa shape index (κ3) is 2.57. The van der Waals surface area contributed by atoms with Gasteiger partial charge in [-0.2, -0.15) is 5.26 Å². The van der Waals surface area contributed by atoms with Crippen LogP contribution >= 0.6 is 0 Å². The Morgan fingerprint density at radius 2 is 1.77 bits per heavy atom. The standard InChI is InChI=1S/C17H16N4O5/c1-7-9(14(23)20(3)16(25)11(7)6-18)5-10-8(2)12(13(19)22)17(26)21(4)15(10)24/h5,26H,1-4H3,(H2,19,22). The maximum absolute atomic E-state index is 12.5. The van der Waals surface area contributed by atoms with Gasteiger partial charge < -0.3 is 10.8 Å². The van der Waals surface area contributed by atoms with Gasteiger partial charge in [0.05, 0.1) is 0 Å². The second-order valence-corrected chi connectivity index (χ2v) is 5.80. The third-order valence-corrected chi connectivity index (χ3v) is 4.33. The molecule has 0 atom stereocenters. The van der Waals surface area contributed by atoms with Crippen LogP contribution in [0.2, 0.25) is 0 Å². The quantitative estimate of drug-likeness (QED) is 0.550. The van der Waals surface area contributed by atoms with E-state index in [2.05, 4.69) is 0 Å². The first-order chi connectivity index (χ1) is 12.0. The number of pyridine rings is 1. The number of imide groups is 1. The highest BCUT2D eigenvalue weighted by molar-refractivity contribution is 6.19. The van der Waals surface area contributed by atoms with Crippen molar-refractivity contribution >= 4 is 23.8 Å². The van der Waals surface area contributed by atoms with E-state index in [1.807, 2.05) is 0 Å². The molecule has 0 bridgehead atoms. The van der Waals surface area contributed by atoms with Gasteiger partial charge in [-0.05, 0) is 31.1 Å². The van der Waals surface area contributed by atoms with Gasteiger partial charge >= 0.3 is 0 Å². The van der Waals surface area contributed by atoms with Gasteiger partial charge in [-0.15, -0.1) is 0 Å². The zero-order chi connectivity index (χ0) is 19.9. The van der Waals surface area contributed by atoms with Crippen molar-refractivity contribution in [2.24, 2.45) is 12.8 Å². The number of nitrogens with zero attached hydrogens (tertiary/aromatic N) is 3. The Morgan fingerprint density at radius 1 is 1.19 bits per heavy atom. The minimum atomic E-state index is -0.942. The van der Waals surface area contributed by atoms with Crippen molar-refractivity contribution in [3.63, 3.8) is 0 Å². The van der Waals surface area contributed by atoms with E-state index in [0.717, 1.165) is 9.47 Å². The molecule has 0 fully saturated rings. The Morgan fingerprint density at radius 3 is 2.27 bits per heavy atom. The summed E-state index contributed by atoms with van der Waals surface area (Å²) in [4.78, 5) is 49.3. The van der Waals surface area contributed by atoms with Crippen LogP contribution in [0.25, 0.3) is 6.08 Å². The van der Waals surface area contributed by atoms with E-state index in [4.69, 9.17) is 5.73 Å². The number of rotatable bonds is 2. The van der Waals surface area contributed by atoms with Gasteiger partial charge in [-0.3, -0.25) is 28.6 Å². The Labute approximate surface area is 148 Å². The predicted molar refractivity (Wildman–Crippen MR) is 90.7 cm³/mol. The molecule has 0 spiro atoms. The third-order valence-electron chi connectivity index (χ3n) is 4.33. The lowest BCUT2D eigenvalue weighted by Gasteiger charge is -2.24. The van der Waals surface area contributed by atoms with Gasteiger partial charge in [-0.1, -0.05) is 0 Å². The average molecular weight is 356 g/mol. The Kier molecular flexibility index (Phi) is 4.54. The number of primary amides is 1. The van der Waals surface area contributed by atoms with Crippen LogP contribution in [-0.2, 0) is 16.6 Å². The minimum Gasteiger partial charge on any atom is -0.494 e. The lowest BCUT2D eigenvalue weighted by molar-refractivity contribution is -0.138. The number of nitriles is 1. The first-order valence-corrected chi connectivity index (χ1v) is 7.42. The summed E-state index contributed by atoms with van der Waals surface area (Å²) in [5.41, 5.74) is 4.24. The summed E-state index contributed by atoms with van der Waals surface area (Å²) < 4.78 is 0.825. The van der Waals surface area contributed by atoms with E-state index >= 15 is 0 Å². The van der Waals surface area contributed by atoms with Gasteiger partial charge in [0.2, 0.25) is 5.88 Å². The molecule has 134 valence electrons. The maximum atomic E-state index is 12.5. The molecule has 1 aliphatic heterocycles. The van der Waals surface area contributed by atoms with Crippen LogP contribution in [0.3, 0.4) is 0 Å². The Hall–Kier alpha value is -3.67. The molecule has 2 rings (SSSR count). The van der Waals surface area contributed by atoms with E-state index in [9.17, 15) is 29.5 Å². The van der Waals surface area contributed by atoms with Gasteiger partial charge in [0.25, 0.3) is 23.3 Å². The fraction of sp³-hybridized carbons (Fsp3) is 0.235. The van der Waals surface area contributed by atoms with Crippen LogP contribution in [0.5, 0.6) is 5.88 Å². The zero-order valence-electron chi connectivity index (χ0n) is 14.6.